The molecular weight excluding hydrogens is 192 g/mol. The second-order valence-electron chi connectivity index (χ2n) is 3.49. The molecule has 88 valence electrons. The fraction of sp³-hybridized carbons (Fsp3) is 0.727. The smallest absolute Gasteiger partial charge is 0.234 e. The fourth-order valence-corrected chi connectivity index (χ4v) is 1.09. The van der Waals surface area contributed by atoms with Gasteiger partial charge in [-0.15, -0.1) is 6.58 Å². The number of nitrogens with one attached hydrogen (secondary N) is 2. The molecule has 0 aliphatic carbocycles. The van der Waals surface area contributed by atoms with Gasteiger partial charge in [0, 0.05) is 19.7 Å². The van der Waals surface area contributed by atoms with Crippen LogP contribution >= 0.6 is 0 Å². The molecule has 1 amide bonds. The molecule has 0 aromatic heterocycles. The molecule has 4 heteroatoms. The quantitative estimate of drug-likeness (QED) is 0.438. The average Bonchev–Trinajstić information content (AvgIpc) is 2.24. The molecule has 0 heterocycles. The van der Waals surface area contributed by atoms with Crippen molar-refractivity contribution in [1.82, 2.24) is 10.6 Å². The van der Waals surface area contributed by atoms with Crippen molar-refractivity contribution in [2.45, 2.75) is 25.8 Å². The Bertz CT molecular complexity index is 183. The minimum Gasteiger partial charge on any atom is -0.383 e. The van der Waals surface area contributed by atoms with Crippen molar-refractivity contribution in [3.8, 4) is 0 Å². The first-order chi connectivity index (χ1) is 7.20. The van der Waals surface area contributed by atoms with Crippen LogP contribution in [0.2, 0.25) is 0 Å². The summed E-state index contributed by atoms with van der Waals surface area (Å²) in [5, 5.41) is 5.89. The number of methoxy groups -OCH3 is 1. The molecule has 0 aromatic carbocycles. The Morgan fingerprint density at radius 3 is 2.93 bits per heavy atom. The summed E-state index contributed by atoms with van der Waals surface area (Å²) >= 11 is 0. The van der Waals surface area contributed by atoms with Gasteiger partial charge in [-0.1, -0.05) is 6.08 Å². The Morgan fingerprint density at radius 2 is 2.33 bits per heavy atom. The number of amides is 1. The Morgan fingerprint density at radius 1 is 1.60 bits per heavy atom. The molecule has 0 radical (unpaired) electrons. The second-order valence-corrected chi connectivity index (χ2v) is 3.49. The zero-order valence-corrected chi connectivity index (χ0v) is 9.71. The molecule has 2 N–H and O–H groups in total. The number of allylic oxidation sites excluding steroid dienone is 1. The summed E-state index contributed by atoms with van der Waals surface area (Å²) in [6, 6.07) is 0.344. The highest BCUT2D eigenvalue weighted by molar-refractivity contribution is 5.77. The van der Waals surface area contributed by atoms with Crippen LogP contribution in [0.4, 0.5) is 0 Å². The maximum absolute atomic E-state index is 11.2. The second kappa shape index (κ2) is 9.68. The van der Waals surface area contributed by atoms with Gasteiger partial charge >= 0.3 is 0 Å². The topological polar surface area (TPSA) is 50.4 Å². The normalized spacial score (nSPS) is 12.1. The lowest BCUT2D eigenvalue weighted by atomic mass is 10.2. The van der Waals surface area contributed by atoms with Crippen LogP contribution in [0.3, 0.4) is 0 Å². The molecule has 0 fully saturated rings. The van der Waals surface area contributed by atoms with Gasteiger partial charge in [-0.3, -0.25) is 4.79 Å². The van der Waals surface area contributed by atoms with E-state index in [0.717, 1.165) is 12.8 Å². The van der Waals surface area contributed by atoms with Crippen molar-refractivity contribution in [1.29, 1.82) is 0 Å². The van der Waals surface area contributed by atoms with E-state index in [1.165, 1.54) is 0 Å². The molecule has 0 aliphatic rings. The largest absolute Gasteiger partial charge is 0.383 e. The van der Waals surface area contributed by atoms with E-state index in [-0.39, 0.29) is 5.91 Å². The van der Waals surface area contributed by atoms with E-state index in [0.29, 0.717) is 25.7 Å². The fourth-order valence-electron chi connectivity index (χ4n) is 1.09. The highest BCUT2D eigenvalue weighted by atomic mass is 16.5. The van der Waals surface area contributed by atoms with E-state index >= 15 is 0 Å². The lowest BCUT2D eigenvalue weighted by molar-refractivity contribution is -0.120. The first-order valence-electron chi connectivity index (χ1n) is 5.30. The van der Waals surface area contributed by atoms with Gasteiger partial charge < -0.3 is 15.4 Å². The molecule has 0 spiro atoms. The van der Waals surface area contributed by atoms with Gasteiger partial charge in [0.05, 0.1) is 13.2 Å². The van der Waals surface area contributed by atoms with Crippen LogP contribution in [0.1, 0.15) is 19.8 Å². The van der Waals surface area contributed by atoms with Crippen LogP contribution in [-0.4, -0.2) is 38.8 Å². The van der Waals surface area contributed by atoms with Gasteiger partial charge in [0.2, 0.25) is 5.91 Å². The highest BCUT2D eigenvalue weighted by Gasteiger charge is 2.03. The Hall–Kier alpha value is -0.870. The molecule has 0 aliphatic heterocycles. The first kappa shape index (κ1) is 14.1. The predicted molar refractivity (Wildman–Crippen MR) is 61.8 cm³/mol. The first-order valence-corrected chi connectivity index (χ1v) is 5.30. The number of carbonyl (C=O) groups excluding carboxylic acids is 1. The van der Waals surface area contributed by atoms with Crippen LogP contribution in [-0.2, 0) is 9.53 Å². The Kier molecular flexibility index (Phi) is 9.11. The van der Waals surface area contributed by atoms with Gasteiger partial charge in [-0.05, 0) is 19.8 Å². The summed E-state index contributed by atoms with van der Waals surface area (Å²) < 4.78 is 4.82. The third-order valence-electron chi connectivity index (χ3n) is 2.04. The summed E-state index contributed by atoms with van der Waals surface area (Å²) in [4.78, 5) is 11.2. The van der Waals surface area contributed by atoms with Gasteiger partial charge in [0.25, 0.3) is 0 Å². The SMILES string of the molecule is C=CCCC(C)NCC(=O)NCCOC. The molecule has 1 atom stereocenters. The van der Waals surface area contributed by atoms with Crippen molar-refractivity contribution in [2.24, 2.45) is 0 Å². The standard InChI is InChI=1S/C11H22N2O2/c1-4-5-6-10(2)13-9-11(14)12-7-8-15-3/h4,10,13H,1,5-9H2,2-3H3,(H,12,14). The van der Waals surface area contributed by atoms with Gasteiger partial charge in [-0.2, -0.15) is 0 Å². The van der Waals surface area contributed by atoms with E-state index in [1.54, 1.807) is 7.11 Å². The van der Waals surface area contributed by atoms with Crippen molar-refractivity contribution in [2.75, 3.05) is 26.8 Å². The van der Waals surface area contributed by atoms with Crippen molar-refractivity contribution < 1.29 is 9.53 Å². The molecule has 0 aromatic rings. The van der Waals surface area contributed by atoms with Gasteiger partial charge in [-0.25, -0.2) is 0 Å². The monoisotopic (exact) mass is 214 g/mol. The lowest BCUT2D eigenvalue weighted by Gasteiger charge is -2.12. The van der Waals surface area contributed by atoms with Crippen LogP contribution < -0.4 is 10.6 Å². The van der Waals surface area contributed by atoms with E-state index < -0.39 is 0 Å². The predicted octanol–water partition coefficient (Wildman–Crippen LogP) is 0.693. The Balaban J connectivity index is 3.39. The van der Waals surface area contributed by atoms with Crippen LogP contribution in [0.25, 0.3) is 0 Å². The summed E-state index contributed by atoms with van der Waals surface area (Å²) in [7, 11) is 1.61. The molecule has 0 saturated heterocycles. The average molecular weight is 214 g/mol. The maximum atomic E-state index is 11.2. The number of hydrogen-bond acceptors (Lipinski definition) is 3. The zero-order valence-electron chi connectivity index (χ0n) is 9.71. The van der Waals surface area contributed by atoms with Crippen LogP contribution in [0.5, 0.6) is 0 Å². The van der Waals surface area contributed by atoms with Gasteiger partial charge in [0.15, 0.2) is 0 Å². The molecule has 1 unspecified atom stereocenters. The number of ether oxygens (including phenoxy) is 1. The van der Waals surface area contributed by atoms with Crippen molar-refractivity contribution in [3.63, 3.8) is 0 Å². The van der Waals surface area contributed by atoms with E-state index in [4.69, 9.17) is 4.74 Å². The third kappa shape index (κ3) is 9.43. The summed E-state index contributed by atoms with van der Waals surface area (Å²) in [5.74, 6) is 0.0116. The zero-order chi connectivity index (χ0) is 11.5. The molecule has 15 heavy (non-hydrogen) atoms. The highest BCUT2D eigenvalue weighted by Crippen LogP contribution is 1.95. The Labute approximate surface area is 92.1 Å². The molecule has 4 nitrogen and oxygen atoms in total. The van der Waals surface area contributed by atoms with Crippen LogP contribution in [0, 0.1) is 0 Å². The van der Waals surface area contributed by atoms with E-state index in [2.05, 4.69) is 24.1 Å². The number of carbonyl (C=O) groups is 1. The van der Waals surface area contributed by atoms with Crippen LogP contribution in [0.15, 0.2) is 12.7 Å². The summed E-state index contributed by atoms with van der Waals surface area (Å²) in [6.45, 7) is 7.20. The lowest BCUT2D eigenvalue weighted by Crippen LogP contribution is -2.39. The van der Waals surface area contributed by atoms with Gasteiger partial charge in [0.1, 0.15) is 0 Å². The molecule has 0 rings (SSSR count). The molecular formula is C11H22N2O2. The minimum atomic E-state index is 0.0116. The molecule has 0 saturated carbocycles. The van der Waals surface area contributed by atoms with E-state index in [9.17, 15) is 4.79 Å². The molecule has 0 bridgehead atoms. The number of rotatable bonds is 9. The number of hydrogen-bond donors (Lipinski definition) is 2. The third-order valence-corrected chi connectivity index (χ3v) is 2.04. The van der Waals surface area contributed by atoms with E-state index in [1.807, 2.05) is 6.08 Å². The maximum Gasteiger partial charge on any atom is 0.234 e. The van der Waals surface area contributed by atoms with Crippen molar-refractivity contribution >= 4 is 5.91 Å². The summed E-state index contributed by atoms with van der Waals surface area (Å²) in [5.41, 5.74) is 0. The van der Waals surface area contributed by atoms with Crippen molar-refractivity contribution in [3.05, 3.63) is 12.7 Å². The minimum absolute atomic E-state index is 0.0116. The summed E-state index contributed by atoms with van der Waals surface area (Å²) in [6.07, 6.45) is 3.87.